The first-order valence-electron chi connectivity index (χ1n) is 11.8. The van der Waals surface area contributed by atoms with Crippen molar-refractivity contribution in [2.75, 3.05) is 18.4 Å². The van der Waals surface area contributed by atoms with Crippen LogP contribution in [0.25, 0.3) is 5.69 Å². The van der Waals surface area contributed by atoms with Gasteiger partial charge in [0.2, 0.25) is 0 Å². The van der Waals surface area contributed by atoms with Crippen LogP contribution in [0.15, 0.2) is 54.7 Å². The van der Waals surface area contributed by atoms with Gasteiger partial charge in [0.05, 0.1) is 23.1 Å². The van der Waals surface area contributed by atoms with Crippen molar-refractivity contribution in [2.45, 2.75) is 44.6 Å². The van der Waals surface area contributed by atoms with E-state index in [2.05, 4.69) is 15.7 Å². The number of aromatic nitrogens is 2. The Morgan fingerprint density at radius 2 is 1.76 bits per heavy atom. The Labute approximate surface area is 204 Å². The van der Waals surface area contributed by atoms with E-state index in [0.29, 0.717) is 42.4 Å². The summed E-state index contributed by atoms with van der Waals surface area (Å²) in [6.07, 6.45) is 5.21. The van der Waals surface area contributed by atoms with Crippen molar-refractivity contribution in [1.29, 1.82) is 0 Å². The Morgan fingerprint density at radius 3 is 2.44 bits per heavy atom. The predicted octanol–water partition coefficient (Wildman–Crippen LogP) is 5.14. The molecule has 7 nitrogen and oxygen atoms in total. The minimum absolute atomic E-state index is 0.0255. The molecular weight excluding hydrogens is 450 g/mol. The van der Waals surface area contributed by atoms with Crippen molar-refractivity contribution in [2.24, 2.45) is 0 Å². The van der Waals surface area contributed by atoms with Crippen LogP contribution >= 0.6 is 11.6 Å². The molecule has 2 aliphatic rings. The molecule has 1 aliphatic heterocycles. The molecule has 2 N–H and O–H groups in total. The normalized spacial score (nSPS) is 16.4. The molecule has 0 radical (unpaired) electrons. The summed E-state index contributed by atoms with van der Waals surface area (Å²) in [7, 11) is 0. The van der Waals surface area contributed by atoms with Crippen LogP contribution in [0.2, 0.25) is 5.02 Å². The van der Waals surface area contributed by atoms with Crippen LogP contribution in [-0.2, 0) is 0 Å². The highest BCUT2D eigenvalue weighted by Gasteiger charge is 2.34. The molecule has 0 atom stereocenters. The molecular formula is C26H28ClN5O2. The number of para-hydroxylation sites is 1. The average molecular weight is 478 g/mol. The fourth-order valence-electron chi connectivity index (χ4n) is 4.42. The number of nitrogens with zero attached hydrogens (tertiary/aromatic N) is 3. The maximum atomic E-state index is 13.2. The summed E-state index contributed by atoms with van der Waals surface area (Å²) in [4.78, 5) is 27.5. The molecule has 176 valence electrons. The summed E-state index contributed by atoms with van der Waals surface area (Å²) < 4.78 is 1.86. The second-order valence-electron chi connectivity index (χ2n) is 9.09. The Kier molecular flexibility index (Phi) is 6.28. The van der Waals surface area contributed by atoms with Crippen molar-refractivity contribution in [3.05, 3.63) is 76.6 Å². The lowest BCUT2D eigenvalue weighted by atomic mass is 10.0. The summed E-state index contributed by atoms with van der Waals surface area (Å²) in [6, 6.07) is 15.2. The topological polar surface area (TPSA) is 79.3 Å². The monoisotopic (exact) mass is 477 g/mol. The fraction of sp³-hybridized carbons (Fsp3) is 0.346. The first-order valence-corrected chi connectivity index (χ1v) is 12.1. The number of carbonyl (C=O) groups is 2. The number of halogens is 1. The Bertz CT molecular complexity index is 1200. The van der Waals surface area contributed by atoms with Crippen LogP contribution in [0.4, 0.5) is 10.5 Å². The van der Waals surface area contributed by atoms with E-state index in [9.17, 15) is 9.59 Å². The number of rotatable bonds is 5. The van der Waals surface area contributed by atoms with E-state index >= 15 is 0 Å². The zero-order chi connectivity index (χ0) is 23.7. The number of hydrogen-bond acceptors (Lipinski definition) is 3. The smallest absolute Gasteiger partial charge is 0.321 e. The van der Waals surface area contributed by atoms with E-state index < -0.39 is 0 Å². The minimum atomic E-state index is -0.106. The SMILES string of the molecule is Cc1ccc(-n2ncc(C(=O)NC3CCN(C(=O)Nc4ccccc4)CC3)c2C2CC2)cc1Cl. The molecule has 1 aromatic heterocycles. The van der Waals surface area contributed by atoms with Crippen molar-refractivity contribution in [1.82, 2.24) is 20.0 Å². The van der Waals surface area contributed by atoms with Crippen LogP contribution in [0, 0.1) is 6.92 Å². The largest absolute Gasteiger partial charge is 0.349 e. The Balaban J connectivity index is 1.23. The van der Waals surface area contributed by atoms with E-state index in [-0.39, 0.29) is 18.0 Å². The lowest BCUT2D eigenvalue weighted by Crippen LogP contribution is -2.47. The number of urea groups is 1. The molecule has 1 aliphatic carbocycles. The number of aryl methyl sites for hydroxylation is 1. The molecule has 0 unspecified atom stereocenters. The van der Waals surface area contributed by atoms with Gasteiger partial charge in [-0.05, 0) is 62.4 Å². The van der Waals surface area contributed by atoms with Gasteiger partial charge < -0.3 is 15.5 Å². The zero-order valence-electron chi connectivity index (χ0n) is 19.1. The van der Waals surface area contributed by atoms with Gasteiger partial charge in [0.1, 0.15) is 0 Å². The third kappa shape index (κ3) is 4.80. The number of piperidine rings is 1. The summed E-state index contributed by atoms with van der Waals surface area (Å²) in [5, 5.41) is 11.3. The van der Waals surface area contributed by atoms with Crippen LogP contribution in [0.3, 0.4) is 0 Å². The maximum Gasteiger partial charge on any atom is 0.321 e. The van der Waals surface area contributed by atoms with Gasteiger partial charge in [-0.3, -0.25) is 4.79 Å². The number of anilines is 1. The number of nitrogens with one attached hydrogen (secondary N) is 2. The Hall–Kier alpha value is -3.32. The maximum absolute atomic E-state index is 13.2. The summed E-state index contributed by atoms with van der Waals surface area (Å²) in [5.74, 6) is 0.241. The number of likely N-dealkylation sites (tertiary alicyclic amines) is 1. The van der Waals surface area contributed by atoms with Crippen molar-refractivity contribution < 1.29 is 9.59 Å². The molecule has 3 aromatic rings. The van der Waals surface area contributed by atoms with E-state index in [1.807, 2.05) is 60.1 Å². The first-order chi connectivity index (χ1) is 16.5. The first kappa shape index (κ1) is 22.5. The van der Waals surface area contributed by atoms with Crippen LogP contribution in [-0.4, -0.2) is 45.8 Å². The van der Waals surface area contributed by atoms with Crippen LogP contribution < -0.4 is 10.6 Å². The lowest BCUT2D eigenvalue weighted by molar-refractivity contribution is 0.0918. The standard InChI is InChI=1S/C26H28ClN5O2/c1-17-7-10-21(15-23(17)27)32-24(18-8-9-18)22(16-28-32)25(33)29-20-11-13-31(14-12-20)26(34)30-19-5-3-2-4-6-19/h2-7,10,15-16,18,20H,8-9,11-14H2,1H3,(H,29,33)(H,30,34). The molecule has 2 heterocycles. The summed E-state index contributed by atoms with van der Waals surface area (Å²) >= 11 is 6.34. The summed E-state index contributed by atoms with van der Waals surface area (Å²) in [6.45, 7) is 3.16. The van der Waals surface area contributed by atoms with Gasteiger partial charge in [-0.1, -0.05) is 35.9 Å². The predicted molar refractivity (Wildman–Crippen MR) is 133 cm³/mol. The zero-order valence-corrected chi connectivity index (χ0v) is 19.9. The van der Waals surface area contributed by atoms with Gasteiger partial charge in [0.15, 0.2) is 0 Å². The van der Waals surface area contributed by atoms with Crippen molar-refractivity contribution in [3.8, 4) is 5.69 Å². The van der Waals surface area contributed by atoms with Crippen LogP contribution in [0.5, 0.6) is 0 Å². The molecule has 5 rings (SSSR count). The molecule has 8 heteroatoms. The number of amides is 3. The molecule has 1 saturated carbocycles. The molecule has 2 aromatic carbocycles. The van der Waals surface area contributed by atoms with E-state index in [1.165, 1.54) is 0 Å². The van der Waals surface area contributed by atoms with Gasteiger partial charge in [0.25, 0.3) is 5.91 Å². The molecule has 2 fully saturated rings. The minimum Gasteiger partial charge on any atom is -0.349 e. The lowest BCUT2D eigenvalue weighted by Gasteiger charge is -2.32. The molecule has 1 saturated heterocycles. The van der Waals surface area contributed by atoms with Crippen molar-refractivity contribution in [3.63, 3.8) is 0 Å². The van der Waals surface area contributed by atoms with Crippen LogP contribution in [0.1, 0.15) is 53.2 Å². The second kappa shape index (κ2) is 9.50. The van der Waals surface area contributed by atoms with Crippen molar-refractivity contribution >= 4 is 29.2 Å². The van der Waals surface area contributed by atoms with Gasteiger partial charge >= 0.3 is 6.03 Å². The highest BCUT2D eigenvalue weighted by molar-refractivity contribution is 6.31. The van der Waals surface area contributed by atoms with E-state index in [1.54, 1.807) is 11.1 Å². The number of hydrogen-bond donors (Lipinski definition) is 2. The van der Waals surface area contributed by atoms with Gasteiger partial charge in [-0.25, -0.2) is 9.48 Å². The molecule has 3 amide bonds. The fourth-order valence-corrected chi connectivity index (χ4v) is 4.59. The van der Waals surface area contributed by atoms with Gasteiger partial charge in [-0.2, -0.15) is 5.10 Å². The van der Waals surface area contributed by atoms with E-state index in [4.69, 9.17) is 11.6 Å². The number of benzene rings is 2. The molecule has 0 spiro atoms. The summed E-state index contributed by atoms with van der Waals surface area (Å²) in [5.41, 5.74) is 4.24. The second-order valence-corrected chi connectivity index (χ2v) is 9.50. The number of carbonyl (C=O) groups excluding carboxylic acids is 2. The van der Waals surface area contributed by atoms with Gasteiger partial charge in [0, 0.05) is 35.8 Å². The highest BCUT2D eigenvalue weighted by atomic mass is 35.5. The molecule has 0 bridgehead atoms. The molecule has 34 heavy (non-hydrogen) atoms. The Morgan fingerprint density at radius 1 is 1.03 bits per heavy atom. The highest BCUT2D eigenvalue weighted by Crippen LogP contribution is 2.42. The average Bonchev–Trinajstić information content (AvgIpc) is 3.59. The quantitative estimate of drug-likeness (QED) is 0.534. The third-order valence-electron chi connectivity index (χ3n) is 6.56. The third-order valence-corrected chi connectivity index (χ3v) is 6.96. The van der Waals surface area contributed by atoms with E-state index in [0.717, 1.165) is 35.5 Å². The van der Waals surface area contributed by atoms with Gasteiger partial charge in [-0.15, -0.1) is 0 Å².